The first-order valence-electron chi connectivity index (χ1n) is 2.41. The summed E-state index contributed by atoms with van der Waals surface area (Å²) >= 11 is 0. The summed E-state index contributed by atoms with van der Waals surface area (Å²) in [5, 5.41) is 0. The van der Waals surface area contributed by atoms with Gasteiger partial charge in [-0.15, -0.1) is 0 Å². The average molecular weight is 96.1 g/mol. The first-order valence-corrected chi connectivity index (χ1v) is 2.41. The molecule has 6 heavy (non-hydrogen) atoms. The van der Waals surface area contributed by atoms with Crippen molar-refractivity contribution < 1.29 is 31.0 Å². The minimum absolute atomic E-state index is 0. The van der Waals surface area contributed by atoms with Crippen molar-refractivity contribution in [2.24, 2.45) is 0 Å². The van der Waals surface area contributed by atoms with Gasteiger partial charge in [0.1, 0.15) is 0 Å². The molecule has 0 rings (SSSR count). The molecule has 34 valence electrons. The van der Waals surface area contributed by atoms with Crippen LogP contribution in [0.25, 0.3) is 0 Å². The summed E-state index contributed by atoms with van der Waals surface area (Å²) in [6.07, 6.45) is 4.08. The Balaban J connectivity index is -0.0000000800. The van der Waals surface area contributed by atoms with Crippen LogP contribution in [0.2, 0.25) is 0 Å². The molecule has 0 aromatic heterocycles. The van der Waals surface area contributed by atoms with Gasteiger partial charge >= 0.3 is 29.6 Å². The van der Waals surface area contributed by atoms with Crippen LogP contribution in [0, 0.1) is 0 Å². The molecule has 0 radical (unpaired) electrons. The molecule has 0 aliphatic carbocycles. The van der Waals surface area contributed by atoms with Gasteiger partial charge in [0.05, 0.1) is 0 Å². The van der Waals surface area contributed by atoms with Gasteiger partial charge in [0.2, 0.25) is 0 Å². The molecule has 1 heteroatoms. The molecule has 0 saturated heterocycles. The van der Waals surface area contributed by atoms with Gasteiger partial charge in [-0.1, -0.05) is 33.1 Å². The van der Waals surface area contributed by atoms with E-state index < -0.39 is 0 Å². The molecule has 0 aliphatic heterocycles. The van der Waals surface area contributed by atoms with E-state index in [9.17, 15) is 0 Å². The standard InChI is InChI=1S/C5H12.Na.H/c1-3-5-4-2;;/h3-5H2,1-2H3;;/q;+1;-1. The Hall–Kier alpha value is 1.00. The van der Waals surface area contributed by atoms with Gasteiger partial charge in [0, 0.05) is 0 Å². The first kappa shape index (κ1) is 10.1. The van der Waals surface area contributed by atoms with Crippen molar-refractivity contribution in [3.05, 3.63) is 0 Å². The van der Waals surface area contributed by atoms with Gasteiger partial charge in [0.25, 0.3) is 0 Å². The van der Waals surface area contributed by atoms with Crippen molar-refractivity contribution >= 4 is 0 Å². The van der Waals surface area contributed by atoms with Crippen LogP contribution in [-0.4, -0.2) is 0 Å². The molecular formula is C5H13Na. The summed E-state index contributed by atoms with van der Waals surface area (Å²) in [7, 11) is 0. The largest absolute Gasteiger partial charge is 1.00 e. The van der Waals surface area contributed by atoms with E-state index in [2.05, 4.69) is 13.8 Å². The number of rotatable bonds is 2. The third-order valence-electron chi connectivity index (χ3n) is 0.707. The van der Waals surface area contributed by atoms with Gasteiger partial charge in [-0.2, -0.15) is 0 Å². The molecule has 0 aromatic rings. The third kappa shape index (κ3) is 8.89. The Morgan fingerprint density at radius 2 is 1.50 bits per heavy atom. The van der Waals surface area contributed by atoms with Crippen LogP contribution in [0.3, 0.4) is 0 Å². The molecule has 0 aliphatic rings. The second kappa shape index (κ2) is 9.38. The molecule has 0 nitrogen and oxygen atoms in total. The van der Waals surface area contributed by atoms with Gasteiger partial charge in [-0.05, 0) is 0 Å². The summed E-state index contributed by atoms with van der Waals surface area (Å²) in [6.45, 7) is 4.42. The van der Waals surface area contributed by atoms with Crippen molar-refractivity contribution in [3.8, 4) is 0 Å². The van der Waals surface area contributed by atoms with E-state index >= 15 is 0 Å². The Labute approximate surface area is 64.1 Å². The van der Waals surface area contributed by atoms with Crippen molar-refractivity contribution in [2.45, 2.75) is 33.1 Å². The minimum atomic E-state index is 0. The van der Waals surface area contributed by atoms with Crippen molar-refractivity contribution in [3.63, 3.8) is 0 Å². The molecule has 0 spiro atoms. The van der Waals surface area contributed by atoms with Crippen LogP contribution in [0.15, 0.2) is 0 Å². The van der Waals surface area contributed by atoms with Crippen LogP contribution in [-0.2, 0) is 0 Å². The maximum Gasteiger partial charge on any atom is 1.00 e. The maximum absolute atomic E-state index is 2.21. The van der Waals surface area contributed by atoms with Gasteiger partial charge in [0.15, 0.2) is 0 Å². The van der Waals surface area contributed by atoms with Crippen molar-refractivity contribution in [2.75, 3.05) is 0 Å². The molecule has 0 amide bonds. The van der Waals surface area contributed by atoms with Crippen LogP contribution in [0.4, 0.5) is 0 Å². The zero-order valence-corrected chi connectivity index (χ0v) is 7.12. The fourth-order valence-electron chi connectivity index (χ4n) is 0.354. The number of hydrogen-bond acceptors (Lipinski definition) is 0. The predicted molar refractivity (Wildman–Crippen MR) is 26.3 cm³/mol. The molecule has 0 bridgehead atoms. The number of hydrogen-bond donors (Lipinski definition) is 0. The Morgan fingerprint density at radius 1 is 1.17 bits per heavy atom. The molecule has 0 fully saturated rings. The minimum Gasteiger partial charge on any atom is -1.00 e. The molecular weight excluding hydrogens is 83.0 g/mol. The summed E-state index contributed by atoms with van der Waals surface area (Å²) in [5.41, 5.74) is 0. The molecule has 0 unspecified atom stereocenters. The molecule has 0 heterocycles. The number of unbranched alkanes of at least 4 members (excludes halogenated alkanes) is 2. The SMILES string of the molecule is CCCCC.[H-].[Na+]. The second-order valence-corrected chi connectivity index (χ2v) is 1.35. The monoisotopic (exact) mass is 96.1 g/mol. The van der Waals surface area contributed by atoms with E-state index in [4.69, 9.17) is 0 Å². The smallest absolute Gasteiger partial charge is 1.00 e. The van der Waals surface area contributed by atoms with Crippen LogP contribution < -0.4 is 29.6 Å². The van der Waals surface area contributed by atoms with E-state index in [0.29, 0.717) is 0 Å². The summed E-state index contributed by atoms with van der Waals surface area (Å²) < 4.78 is 0. The van der Waals surface area contributed by atoms with Crippen LogP contribution in [0.5, 0.6) is 0 Å². The van der Waals surface area contributed by atoms with E-state index in [1.807, 2.05) is 0 Å². The normalized spacial score (nSPS) is 7.00. The zero-order chi connectivity index (χ0) is 4.12. The third-order valence-corrected chi connectivity index (χ3v) is 0.707. The molecule has 0 N–H and O–H groups in total. The fourth-order valence-corrected chi connectivity index (χ4v) is 0.354. The van der Waals surface area contributed by atoms with Gasteiger partial charge in [-0.3, -0.25) is 0 Å². The molecule has 0 saturated carbocycles. The van der Waals surface area contributed by atoms with E-state index in [0.717, 1.165) is 0 Å². The summed E-state index contributed by atoms with van der Waals surface area (Å²) in [6, 6.07) is 0. The topological polar surface area (TPSA) is 0 Å². The van der Waals surface area contributed by atoms with Crippen molar-refractivity contribution in [1.29, 1.82) is 0 Å². The van der Waals surface area contributed by atoms with E-state index in [1.165, 1.54) is 19.3 Å². The first-order chi connectivity index (χ1) is 2.41. The van der Waals surface area contributed by atoms with Crippen LogP contribution >= 0.6 is 0 Å². The summed E-state index contributed by atoms with van der Waals surface area (Å²) in [5.74, 6) is 0. The predicted octanol–water partition coefficient (Wildman–Crippen LogP) is -0.687. The zero-order valence-electron chi connectivity index (χ0n) is 6.12. The van der Waals surface area contributed by atoms with Gasteiger partial charge in [-0.25, -0.2) is 0 Å². The Bertz CT molecular complexity index is 15.6. The average Bonchev–Trinajstić information content (AvgIpc) is 1.41. The van der Waals surface area contributed by atoms with E-state index in [1.54, 1.807) is 0 Å². The Morgan fingerprint density at radius 3 is 1.50 bits per heavy atom. The fraction of sp³-hybridized carbons (Fsp3) is 1.00. The summed E-state index contributed by atoms with van der Waals surface area (Å²) in [4.78, 5) is 0. The quantitative estimate of drug-likeness (QED) is 0.399. The van der Waals surface area contributed by atoms with Crippen molar-refractivity contribution in [1.82, 2.24) is 0 Å². The maximum atomic E-state index is 2.21. The molecule has 0 atom stereocenters. The van der Waals surface area contributed by atoms with Gasteiger partial charge < -0.3 is 1.43 Å². The van der Waals surface area contributed by atoms with Crippen LogP contribution in [0.1, 0.15) is 34.5 Å². The Kier molecular flexibility index (Phi) is 15.8. The second-order valence-electron chi connectivity index (χ2n) is 1.35. The van der Waals surface area contributed by atoms with E-state index in [-0.39, 0.29) is 31.0 Å². The molecule has 0 aromatic carbocycles.